The highest BCUT2D eigenvalue weighted by atomic mass is 16.5. The first-order chi connectivity index (χ1) is 21.5. The Bertz CT molecular complexity index is 1380. The number of fused-ring (bicyclic) bond motifs is 2. The average Bonchev–Trinajstić information content (AvgIpc) is 3.37. The van der Waals surface area contributed by atoms with E-state index in [0.29, 0.717) is 0 Å². The number of para-hydroxylation sites is 3. The van der Waals surface area contributed by atoms with Gasteiger partial charge in [-0.25, -0.2) is 0 Å². The van der Waals surface area contributed by atoms with Gasteiger partial charge in [-0.05, 0) is 68.6 Å². The van der Waals surface area contributed by atoms with Crippen molar-refractivity contribution in [2.45, 2.75) is 38.6 Å². The second-order valence-electron chi connectivity index (χ2n) is 13.2. The predicted octanol–water partition coefficient (Wildman–Crippen LogP) is 5.03. The van der Waals surface area contributed by atoms with E-state index in [4.69, 9.17) is 4.74 Å². The van der Waals surface area contributed by atoms with Gasteiger partial charge in [-0.2, -0.15) is 4.57 Å². The van der Waals surface area contributed by atoms with Gasteiger partial charge in [0.2, 0.25) is 11.4 Å². The SMILES string of the molecule is C[N+](C)(C)CCCCCN1C(=CC=Cc2cc[n+](CCCN3CCNCCCNCC3)c3ccccc23)Oc2ccccc21. The lowest BCUT2D eigenvalue weighted by Crippen LogP contribution is -2.42. The van der Waals surface area contributed by atoms with Crippen LogP contribution in [0.15, 0.2) is 78.8 Å². The molecule has 236 valence electrons. The van der Waals surface area contributed by atoms with E-state index >= 15 is 0 Å². The summed E-state index contributed by atoms with van der Waals surface area (Å²) in [7, 11) is 6.80. The number of allylic oxidation sites excluding steroid dienone is 2. The van der Waals surface area contributed by atoms with E-state index in [1.54, 1.807) is 0 Å². The van der Waals surface area contributed by atoms with Crippen LogP contribution in [0.2, 0.25) is 0 Å². The molecule has 2 aliphatic heterocycles. The Kier molecular flexibility index (Phi) is 11.8. The van der Waals surface area contributed by atoms with E-state index in [0.717, 1.165) is 87.9 Å². The van der Waals surface area contributed by atoms with Crippen LogP contribution in [-0.4, -0.2) is 89.4 Å². The number of quaternary nitrogens is 1. The van der Waals surface area contributed by atoms with Crippen molar-refractivity contribution < 1.29 is 13.8 Å². The van der Waals surface area contributed by atoms with Crippen molar-refractivity contribution in [3.63, 3.8) is 0 Å². The van der Waals surface area contributed by atoms with Crippen LogP contribution in [0, 0.1) is 0 Å². The molecule has 0 spiro atoms. The Morgan fingerprint density at radius 3 is 2.43 bits per heavy atom. The summed E-state index contributed by atoms with van der Waals surface area (Å²) in [6.07, 6.45) is 14.7. The highest BCUT2D eigenvalue weighted by molar-refractivity contribution is 5.85. The lowest BCUT2D eigenvalue weighted by atomic mass is 10.1. The normalized spacial score (nSPS) is 17.8. The molecule has 5 rings (SSSR count). The summed E-state index contributed by atoms with van der Waals surface area (Å²) in [4.78, 5) is 4.93. The Labute approximate surface area is 265 Å². The van der Waals surface area contributed by atoms with Crippen LogP contribution in [0.1, 0.15) is 37.7 Å². The number of aryl methyl sites for hydroxylation is 1. The van der Waals surface area contributed by atoms with Crippen molar-refractivity contribution in [1.29, 1.82) is 0 Å². The van der Waals surface area contributed by atoms with Crippen LogP contribution in [0.4, 0.5) is 5.69 Å². The Morgan fingerprint density at radius 2 is 1.61 bits per heavy atom. The number of ether oxygens (including phenoxy) is 1. The summed E-state index contributed by atoms with van der Waals surface area (Å²) < 4.78 is 9.75. The molecule has 0 atom stereocenters. The number of pyridine rings is 1. The molecule has 0 amide bonds. The van der Waals surface area contributed by atoms with Gasteiger partial charge in [0.1, 0.15) is 6.54 Å². The van der Waals surface area contributed by atoms with E-state index in [9.17, 15) is 0 Å². The number of nitrogens with one attached hydrogen (secondary N) is 2. The van der Waals surface area contributed by atoms with Crippen LogP contribution in [-0.2, 0) is 6.54 Å². The number of hydrogen-bond acceptors (Lipinski definition) is 5. The molecule has 1 fully saturated rings. The minimum Gasteiger partial charge on any atom is -0.439 e. The van der Waals surface area contributed by atoms with Gasteiger partial charge in [0.15, 0.2) is 11.9 Å². The van der Waals surface area contributed by atoms with Crippen molar-refractivity contribution in [3.05, 3.63) is 84.4 Å². The largest absolute Gasteiger partial charge is 0.439 e. The summed E-state index contributed by atoms with van der Waals surface area (Å²) in [5.41, 5.74) is 3.68. The van der Waals surface area contributed by atoms with E-state index in [1.165, 1.54) is 48.0 Å². The fourth-order valence-electron chi connectivity index (χ4n) is 6.19. The molecule has 3 aromatic rings. The molecular formula is C37H54N6O+2. The molecule has 0 bridgehead atoms. The first-order valence-corrected chi connectivity index (χ1v) is 16.8. The van der Waals surface area contributed by atoms with Gasteiger partial charge in [-0.3, -0.25) is 0 Å². The lowest BCUT2D eigenvalue weighted by molar-refractivity contribution is -0.870. The number of aromatic nitrogens is 1. The number of benzene rings is 2. The van der Waals surface area contributed by atoms with Crippen molar-refractivity contribution in [3.8, 4) is 5.75 Å². The average molecular weight is 599 g/mol. The molecule has 2 N–H and O–H groups in total. The number of nitrogens with zero attached hydrogens (tertiary/aromatic N) is 4. The monoisotopic (exact) mass is 598 g/mol. The zero-order valence-corrected chi connectivity index (χ0v) is 27.3. The number of anilines is 1. The molecule has 7 heteroatoms. The molecule has 1 saturated heterocycles. The van der Waals surface area contributed by atoms with Crippen molar-refractivity contribution >= 4 is 22.7 Å². The van der Waals surface area contributed by atoms with Gasteiger partial charge in [-0.15, -0.1) is 0 Å². The second-order valence-corrected chi connectivity index (χ2v) is 13.2. The Hall–Kier alpha value is -3.23. The van der Waals surface area contributed by atoms with Crippen molar-refractivity contribution in [1.82, 2.24) is 15.5 Å². The van der Waals surface area contributed by atoms with Gasteiger partial charge in [0.25, 0.3) is 0 Å². The van der Waals surface area contributed by atoms with E-state index in [2.05, 4.69) is 125 Å². The topological polar surface area (TPSA) is 43.7 Å². The van der Waals surface area contributed by atoms with Crippen molar-refractivity contribution in [2.24, 2.45) is 0 Å². The van der Waals surface area contributed by atoms with E-state index < -0.39 is 0 Å². The fourth-order valence-corrected chi connectivity index (χ4v) is 6.19. The summed E-state index contributed by atoms with van der Waals surface area (Å²) >= 11 is 0. The molecule has 7 nitrogen and oxygen atoms in total. The van der Waals surface area contributed by atoms with E-state index in [-0.39, 0.29) is 0 Å². The summed E-state index contributed by atoms with van der Waals surface area (Å²) in [6.45, 7) is 10.9. The first-order valence-electron chi connectivity index (χ1n) is 16.8. The van der Waals surface area contributed by atoms with E-state index in [1.807, 2.05) is 0 Å². The maximum atomic E-state index is 6.31. The smallest absolute Gasteiger partial charge is 0.213 e. The molecule has 3 heterocycles. The lowest BCUT2D eigenvalue weighted by Gasteiger charge is -2.24. The summed E-state index contributed by atoms with van der Waals surface area (Å²) in [5, 5.41) is 8.43. The van der Waals surface area contributed by atoms with Crippen LogP contribution in [0.3, 0.4) is 0 Å². The molecule has 2 aliphatic rings. The number of rotatable bonds is 12. The molecule has 0 unspecified atom stereocenters. The molecule has 0 saturated carbocycles. The first kappa shape index (κ1) is 32.2. The van der Waals surface area contributed by atoms with Gasteiger partial charge in [0.05, 0.1) is 38.8 Å². The van der Waals surface area contributed by atoms with Gasteiger partial charge in [-0.1, -0.05) is 36.4 Å². The number of hydrogen-bond donors (Lipinski definition) is 2. The summed E-state index contributed by atoms with van der Waals surface area (Å²) in [6, 6.07) is 19.4. The zero-order valence-electron chi connectivity index (χ0n) is 27.3. The molecule has 2 aromatic carbocycles. The fraction of sp³-hybridized carbons (Fsp3) is 0.486. The van der Waals surface area contributed by atoms with Gasteiger partial charge >= 0.3 is 0 Å². The molecule has 1 aromatic heterocycles. The Balaban J connectivity index is 1.23. The Morgan fingerprint density at radius 1 is 0.841 bits per heavy atom. The molecule has 0 aliphatic carbocycles. The van der Waals surface area contributed by atoms with Crippen LogP contribution < -0.4 is 24.8 Å². The highest BCUT2D eigenvalue weighted by Gasteiger charge is 2.25. The maximum Gasteiger partial charge on any atom is 0.213 e. The standard InChI is InChI=1S/C37H54N6O/c1-43(2,3)31-10-4-9-27-42-35-17-7-8-18-36(35)44-37(42)19-11-14-32-20-28-41(34-16-6-5-15-33(32)34)26-13-25-40-29-23-38-21-12-22-39-24-30-40/h5-8,11,14-20,28,38-39H,4,9-10,12-13,21-27,29-31H2,1-3H3/q+2. The maximum absolute atomic E-state index is 6.31. The van der Waals surface area contributed by atoms with Gasteiger partial charge < -0.3 is 29.7 Å². The third-order valence-corrected chi connectivity index (χ3v) is 8.61. The van der Waals surface area contributed by atoms with Crippen LogP contribution in [0.5, 0.6) is 5.75 Å². The van der Waals surface area contributed by atoms with Crippen LogP contribution in [0.25, 0.3) is 17.0 Å². The summed E-state index contributed by atoms with van der Waals surface area (Å²) in [5.74, 6) is 1.85. The highest BCUT2D eigenvalue weighted by Crippen LogP contribution is 2.38. The van der Waals surface area contributed by atoms with Gasteiger partial charge in [0, 0.05) is 57.8 Å². The van der Waals surface area contributed by atoms with Crippen molar-refractivity contribution in [2.75, 3.05) is 84.9 Å². The molecule has 44 heavy (non-hydrogen) atoms. The second kappa shape index (κ2) is 16.2. The molecular weight excluding hydrogens is 544 g/mol. The minimum absolute atomic E-state index is 0.908. The third kappa shape index (κ3) is 9.38. The minimum atomic E-state index is 0.908. The predicted molar refractivity (Wildman–Crippen MR) is 184 cm³/mol. The zero-order chi connectivity index (χ0) is 30.6. The quantitative estimate of drug-likeness (QED) is 0.174. The number of unbranched alkanes of at least 4 members (excludes halogenated alkanes) is 2. The molecule has 0 radical (unpaired) electrons. The van der Waals surface area contributed by atoms with Crippen LogP contribution >= 0.6 is 0 Å². The third-order valence-electron chi connectivity index (χ3n) is 8.61.